The third kappa shape index (κ3) is 4.07. The second kappa shape index (κ2) is 7.80. The Morgan fingerprint density at radius 3 is 2.88 bits per heavy atom. The van der Waals surface area contributed by atoms with E-state index >= 15 is 0 Å². The van der Waals surface area contributed by atoms with Crippen molar-refractivity contribution in [3.05, 3.63) is 10.9 Å². The summed E-state index contributed by atoms with van der Waals surface area (Å²) in [4.78, 5) is 20.4. The van der Waals surface area contributed by atoms with Crippen LogP contribution in [0.15, 0.2) is 6.07 Å². The standard InChI is InChI=1S/C17H25N3O2S2/c1-11-6-4-5-7-12(11)22-9-8-18-15(21)13-10-14-16(23-13)19-17(24-14)20(2)3/h10-12H,4-9H2,1-3H3,(H,18,21)/t11-,12-/m0/s1. The Bertz CT molecular complexity index is 664. The van der Waals surface area contributed by atoms with E-state index < -0.39 is 0 Å². The largest absolute Gasteiger partial charge is 0.376 e. The Hall–Kier alpha value is -1.18. The number of ether oxygens (including phenoxy) is 1. The monoisotopic (exact) mass is 367 g/mol. The molecule has 1 aliphatic rings. The molecule has 2 aromatic rings. The number of amides is 1. The first-order valence-corrected chi connectivity index (χ1v) is 10.2. The number of anilines is 1. The van der Waals surface area contributed by atoms with Crippen molar-refractivity contribution in [1.29, 1.82) is 0 Å². The number of hydrogen-bond acceptors (Lipinski definition) is 6. The summed E-state index contributed by atoms with van der Waals surface area (Å²) in [6, 6.07) is 1.93. The van der Waals surface area contributed by atoms with Gasteiger partial charge in [0.1, 0.15) is 4.83 Å². The third-order valence-electron chi connectivity index (χ3n) is 4.44. The number of nitrogens with zero attached hydrogens (tertiary/aromatic N) is 2. The number of fused-ring (bicyclic) bond motifs is 1. The van der Waals surface area contributed by atoms with Crippen molar-refractivity contribution in [2.75, 3.05) is 32.1 Å². The first-order chi connectivity index (χ1) is 11.5. The highest BCUT2D eigenvalue weighted by Crippen LogP contribution is 2.33. The fraction of sp³-hybridized carbons (Fsp3) is 0.647. The van der Waals surface area contributed by atoms with E-state index in [9.17, 15) is 4.79 Å². The van der Waals surface area contributed by atoms with Crippen molar-refractivity contribution in [3.8, 4) is 0 Å². The van der Waals surface area contributed by atoms with E-state index in [1.807, 2.05) is 25.1 Å². The summed E-state index contributed by atoms with van der Waals surface area (Å²) in [6.45, 7) is 3.41. The Balaban J connectivity index is 1.47. The summed E-state index contributed by atoms with van der Waals surface area (Å²) >= 11 is 3.06. The van der Waals surface area contributed by atoms with Crippen LogP contribution in [-0.4, -0.2) is 44.2 Å². The van der Waals surface area contributed by atoms with Gasteiger partial charge in [-0.2, -0.15) is 0 Å². The summed E-state index contributed by atoms with van der Waals surface area (Å²) in [5.41, 5.74) is 0. The van der Waals surface area contributed by atoms with Crippen LogP contribution < -0.4 is 10.2 Å². The second-order valence-electron chi connectivity index (χ2n) is 6.60. The average Bonchev–Trinajstić information content (AvgIpc) is 3.11. The van der Waals surface area contributed by atoms with Gasteiger partial charge in [-0.3, -0.25) is 4.79 Å². The van der Waals surface area contributed by atoms with Gasteiger partial charge in [-0.25, -0.2) is 4.98 Å². The van der Waals surface area contributed by atoms with Gasteiger partial charge in [0.15, 0.2) is 5.13 Å². The van der Waals surface area contributed by atoms with Crippen molar-refractivity contribution in [1.82, 2.24) is 10.3 Å². The molecule has 1 aliphatic carbocycles. The Kier molecular flexibility index (Phi) is 5.73. The number of hydrogen-bond donors (Lipinski definition) is 1. The zero-order valence-electron chi connectivity index (χ0n) is 14.5. The normalized spacial score (nSPS) is 21.1. The SMILES string of the molecule is C[C@H]1CCCC[C@@H]1OCCNC(=O)c1cc2sc(N(C)C)nc2s1. The maximum atomic E-state index is 12.3. The summed E-state index contributed by atoms with van der Waals surface area (Å²) in [6.07, 6.45) is 5.34. The van der Waals surface area contributed by atoms with Crippen molar-refractivity contribution < 1.29 is 9.53 Å². The molecule has 0 spiro atoms. The molecule has 0 bridgehead atoms. The van der Waals surface area contributed by atoms with Gasteiger partial charge in [-0.1, -0.05) is 31.1 Å². The molecule has 1 saturated carbocycles. The smallest absolute Gasteiger partial charge is 0.261 e. The number of rotatable bonds is 6. The van der Waals surface area contributed by atoms with E-state index in [0.717, 1.165) is 26.0 Å². The van der Waals surface area contributed by atoms with Crippen molar-refractivity contribution in [3.63, 3.8) is 0 Å². The Labute approximate surface area is 151 Å². The molecule has 2 atom stereocenters. The molecule has 132 valence electrons. The minimum absolute atomic E-state index is 0.0307. The van der Waals surface area contributed by atoms with Gasteiger partial charge in [0.25, 0.3) is 5.91 Å². The molecule has 2 aromatic heterocycles. The molecular weight excluding hydrogens is 342 g/mol. The molecule has 7 heteroatoms. The van der Waals surface area contributed by atoms with Crippen LogP contribution in [-0.2, 0) is 4.74 Å². The van der Waals surface area contributed by atoms with Crippen LogP contribution in [0.25, 0.3) is 9.53 Å². The van der Waals surface area contributed by atoms with Gasteiger partial charge >= 0.3 is 0 Å². The summed E-state index contributed by atoms with van der Waals surface area (Å²) in [7, 11) is 3.95. The quantitative estimate of drug-likeness (QED) is 0.790. The molecule has 2 heterocycles. The highest BCUT2D eigenvalue weighted by atomic mass is 32.1. The lowest BCUT2D eigenvalue weighted by molar-refractivity contribution is -0.00292. The fourth-order valence-corrected chi connectivity index (χ4v) is 5.07. The van der Waals surface area contributed by atoms with Gasteiger partial charge in [0.2, 0.25) is 0 Å². The van der Waals surface area contributed by atoms with E-state index in [0.29, 0.717) is 25.2 Å². The summed E-state index contributed by atoms with van der Waals surface area (Å²) in [5.74, 6) is 0.604. The van der Waals surface area contributed by atoms with Crippen molar-refractivity contribution in [2.24, 2.45) is 5.92 Å². The predicted molar refractivity (Wildman–Crippen MR) is 102 cm³/mol. The van der Waals surface area contributed by atoms with Gasteiger partial charge in [0, 0.05) is 20.6 Å². The lowest BCUT2D eigenvalue weighted by Crippen LogP contribution is -2.31. The molecule has 24 heavy (non-hydrogen) atoms. The van der Waals surface area contributed by atoms with Crippen LogP contribution in [0.3, 0.4) is 0 Å². The highest BCUT2D eigenvalue weighted by Gasteiger charge is 2.21. The van der Waals surface area contributed by atoms with Gasteiger partial charge < -0.3 is 15.0 Å². The highest BCUT2D eigenvalue weighted by molar-refractivity contribution is 7.29. The number of carbonyl (C=O) groups is 1. The minimum Gasteiger partial charge on any atom is -0.376 e. The number of carbonyl (C=O) groups excluding carboxylic acids is 1. The lowest BCUT2D eigenvalue weighted by Gasteiger charge is -2.28. The average molecular weight is 368 g/mol. The van der Waals surface area contributed by atoms with Crippen LogP contribution >= 0.6 is 22.7 Å². The van der Waals surface area contributed by atoms with Crippen LogP contribution in [0.5, 0.6) is 0 Å². The first kappa shape index (κ1) is 17.6. The molecule has 0 radical (unpaired) electrons. The molecule has 1 N–H and O–H groups in total. The Morgan fingerprint density at radius 2 is 2.17 bits per heavy atom. The molecule has 0 saturated heterocycles. The van der Waals surface area contributed by atoms with E-state index in [1.54, 1.807) is 11.3 Å². The van der Waals surface area contributed by atoms with Gasteiger partial charge in [0.05, 0.1) is 22.3 Å². The van der Waals surface area contributed by atoms with E-state index in [-0.39, 0.29) is 5.91 Å². The molecular formula is C17H25N3O2S2. The number of aromatic nitrogens is 1. The zero-order valence-corrected chi connectivity index (χ0v) is 16.1. The van der Waals surface area contributed by atoms with Crippen LogP contribution in [0.4, 0.5) is 5.13 Å². The topological polar surface area (TPSA) is 54.5 Å². The van der Waals surface area contributed by atoms with E-state index in [4.69, 9.17) is 4.74 Å². The van der Waals surface area contributed by atoms with Crippen LogP contribution in [0, 0.1) is 5.92 Å². The van der Waals surface area contributed by atoms with Crippen LogP contribution in [0.2, 0.25) is 0 Å². The molecule has 0 aliphatic heterocycles. The third-order valence-corrected chi connectivity index (χ3v) is 6.76. The maximum absolute atomic E-state index is 12.3. The molecule has 3 rings (SSSR count). The summed E-state index contributed by atoms with van der Waals surface area (Å²) < 4.78 is 7.01. The van der Waals surface area contributed by atoms with Gasteiger partial charge in [-0.05, 0) is 24.8 Å². The molecule has 1 amide bonds. The molecule has 1 fully saturated rings. The van der Waals surface area contributed by atoms with Crippen molar-refractivity contribution in [2.45, 2.75) is 38.7 Å². The second-order valence-corrected chi connectivity index (χ2v) is 8.64. The van der Waals surface area contributed by atoms with Crippen LogP contribution in [0.1, 0.15) is 42.3 Å². The predicted octanol–water partition coefficient (Wildman–Crippen LogP) is 3.75. The zero-order chi connectivity index (χ0) is 17.1. The number of nitrogens with one attached hydrogen (secondary N) is 1. The Morgan fingerprint density at radius 1 is 1.38 bits per heavy atom. The molecule has 0 aromatic carbocycles. The van der Waals surface area contributed by atoms with E-state index in [1.165, 1.54) is 30.6 Å². The minimum atomic E-state index is -0.0307. The lowest BCUT2D eigenvalue weighted by atomic mass is 9.88. The van der Waals surface area contributed by atoms with Gasteiger partial charge in [-0.15, -0.1) is 11.3 Å². The number of thiophene rings is 1. The first-order valence-electron chi connectivity index (χ1n) is 8.52. The summed E-state index contributed by atoms with van der Waals surface area (Å²) in [5, 5.41) is 3.92. The fourth-order valence-electron chi connectivity index (χ4n) is 3.02. The van der Waals surface area contributed by atoms with Crippen molar-refractivity contribution >= 4 is 43.2 Å². The molecule has 5 nitrogen and oxygen atoms in total. The van der Waals surface area contributed by atoms with E-state index in [2.05, 4.69) is 17.2 Å². The molecule has 0 unspecified atom stereocenters. The number of thiazole rings is 1. The maximum Gasteiger partial charge on any atom is 0.261 e.